The van der Waals surface area contributed by atoms with Crippen LogP contribution in [0, 0.1) is 0 Å². The molecule has 0 aromatic carbocycles. The third-order valence-corrected chi connectivity index (χ3v) is 0.831. The Hall–Kier alpha value is -0.0800. The van der Waals surface area contributed by atoms with E-state index >= 15 is 0 Å². The quantitative estimate of drug-likeness (QED) is 0.468. The standard InChI is InChI=1S/C5H11NO/c1-5-4-7-3-2-6-5/h5-6H,2-4H2,1H3/i1D3,5D. The maximum Gasteiger partial charge on any atom is 0.0617 e. The minimum Gasteiger partial charge on any atom is -0.379 e. The van der Waals surface area contributed by atoms with E-state index < -0.39 is 12.9 Å². The maximum atomic E-state index is 7.47. The third kappa shape index (κ3) is 1.45. The van der Waals surface area contributed by atoms with Gasteiger partial charge in [-0.2, -0.15) is 0 Å². The number of morpholine rings is 1. The lowest BCUT2D eigenvalue weighted by molar-refractivity contribution is 0.0824. The molecule has 0 amide bonds. The minimum atomic E-state index is -2.31. The van der Waals surface area contributed by atoms with Gasteiger partial charge < -0.3 is 10.1 Å². The van der Waals surface area contributed by atoms with Crippen LogP contribution in [0.5, 0.6) is 0 Å². The Balaban J connectivity index is 2.64. The molecule has 0 bridgehead atoms. The normalized spacial score (nSPS) is 53.7. The second-order valence-electron chi connectivity index (χ2n) is 1.46. The molecule has 0 radical (unpaired) electrons. The van der Waals surface area contributed by atoms with Crippen LogP contribution in [0.4, 0.5) is 0 Å². The SMILES string of the molecule is [2H]C([2H])([2H])C1([2H])COCCN1. The number of hydrogen-bond donors (Lipinski definition) is 1. The van der Waals surface area contributed by atoms with Crippen LogP contribution < -0.4 is 5.32 Å². The van der Waals surface area contributed by atoms with Crippen molar-refractivity contribution in [3.63, 3.8) is 0 Å². The van der Waals surface area contributed by atoms with Gasteiger partial charge >= 0.3 is 0 Å². The molecule has 1 N–H and O–H groups in total. The van der Waals surface area contributed by atoms with Crippen molar-refractivity contribution in [1.29, 1.82) is 0 Å². The lowest BCUT2D eigenvalue weighted by Crippen LogP contribution is -2.38. The summed E-state index contributed by atoms with van der Waals surface area (Å²) >= 11 is 0. The maximum absolute atomic E-state index is 7.47. The van der Waals surface area contributed by atoms with Gasteiger partial charge in [0.25, 0.3) is 0 Å². The topological polar surface area (TPSA) is 21.3 Å². The fourth-order valence-corrected chi connectivity index (χ4v) is 0.499. The zero-order valence-electron chi connectivity index (χ0n) is 8.03. The second kappa shape index (κ2) is 2.28. The average Bonchev–Trinajstić information content (AvgIpc) is 1.87. The summed E-state index contributed by atoms with van der Waals surface area (Å²) in [6.07, 6.45) is 0. The highest BCUT2D eigenvalue weighted by molar-refractivity contribution is 4.62. The monoisotopic (exact) mass is 105 g/mol. The Morgan fingerprint density at radius 2 is 3.14 bits per heavy atom. The smallest absolute Gasteiger partial charge is 0.0617 e. The summed E-state index contributed by atoms with van der Waals surface area (Å²) < 4.78 is 33.5. The predicted octanol–water partition coefficient (Wildman–Crippen LogP) is -0.00530. The molecule has 1 atom stereocenters. The van der Waals surface area contributed by atoms with E-state index in [1.54, 1.807) is 0 Å². The molecule has 1 aliphatic rings. The van der Waals surface area contributed by atoms with E-state index in [2.05, 4.69) is 5.32 Å². The molecule has 0 spiro atoms. The Kier molecular flexibility index (Phi) is 0.664. The molecule has 42 valence electrons. The minimum absolute atomic E-state index is 0.0660. The highest BCUT2D eigenvalue weighted by atomic mass is 16.5. The van der Waals surface area contributed by atoms with Crippen LogP contribution in [-0.4, -0.2) is 25.8 Å². The predicted molar refractivity (Wildman–Crippen MR) is 28.3 cm³/mol. The summed E-state index contributed by atoms with van der Waals surface area (Å²) in [6, 6.07) is -1.61. The molecule has 7 heavy (non-hydrogen) atoms. The summed E-state index contributed by atoms with van der Waals surface area (Å²) in [5.41, 5.74) is 0. The van der Waals surface area contributed by atoms with E-state index in [1.807, 2.05) is 0 Å². The molecule has 1 heterocycles. The first-order valence-corrected chi connectivity index (χ1v) is 2.28. The average molecular weight is 105 g/mol. The molecular weight excluding hydrogens is 90.1 g/mol. The molecule has 2 nitrogen and oxygen atoms in total. The van der Waals surface area contributed by atoms with Crippen molar-refractivity contribution in [3.8, 4) is 0 Å². The van der Waals surface area contributed by atoms with Gasteiger partial charge in [0.1, 0.15) is 0 Å². The fraction of sp³-hybridized carbons (Fsp3) is 1.00. The molecular formula is C5H11NO. The van der Waals surface area contributed by atoms with Crippen molar-refractivity contribution in [3.05, 3.63) is 0 Å². The van der Waals surface area contributed by atoms with Crippen LogP contribution in [0.3, 0.4) is 0 Å². The second-order valence-corrected chi connectivity index (χ2v) is 1.46. The highest BCUT2D eigenvalue weighted by Crippen LogP contribution is 1.88. The molecule has 1 rings (SSSR count). The first-order valence-electron chi connectivity index (χ1n) is 4.28. The molecule has 1 unspecified atom stereocenters. The summed E-state index contributed by atoms with van der Waals surface area (Å²) in [6.45, 7) is -1.46. The molecule has 1 aliphatic heterocycles. The van der Waals surface area contributed by atoms with Crippen LogP contribution >= 0.6 is 0 Å². The van der Waals surface area contributed by atoms with Gasteiger partial charge in [-0.25, -0.2) is 0 Å². The molecule has 0 aliphatic carbocycles. The van der Waals surface area contributed by atoms with Crippen LogP contribution in [0.15, 0.2) is 0 Å². The highest BCUT2D eigenvalue weighted by Gasteiger charge is 2.04. The van der Waals surface area contributed by atoms with Crippen LogP contribution in [0.1, 0.15) is 12.3 Å². The number of nitrogens with one attached hydrogen (secondary N) is 1. The molecule has 0 saturated carbocycles. The van der Waals surface area contributed by atoms with Gasteiger partial charge in [-0.1, -0.05) is 0 Å². The Bertz CT molecular complexity index is 140. The van der Waals surface area contributed by atoms with Gasteiger partial charge in [0.2, 0.25) is 0 Å². The first kappa shape index (κ1) is 2.03. The van der Waals surface area contributed by atoms with Gasteiger partial charge in [0.15, 0.2) is 0 Å². The zero-order chi connectivity index (χ0) is 8.54. The Morgan fingerprint density at radius 3 is 3.57 bits per heavy atom. The fourth-order valence-electron chi connectivity index (χ4n) is 0.499. The Morgan fingerprint density at radius 1 is 2.14 bits per heavy atom. The number of hydrogen-bond acceptors (Lipinski definition) is 2. The van der Waals surface area contributed by atoms with Crippen molar-refractivity contribution in [2.75, 3.05) is 19.8 Å². The van der Waals surface area contributed by atoms with Crippen molar-refractivity contribution in [2.24, 2.45) is 0 Å². The van der Waals surface area contributed by atoms with Gasteiger partial charge in [-0.05, 0) is 6.85 Å². The molecule has 2 heteroatoms. The van der Waals surface area contributed by atoms with Crippen LogP contribution in [-0.2, 0) is 4.74 Å². The van der Waals surface area contributed by atoms with E-state index in [9.17, 15) is 0 Å². The number of rotatable bonds is 0. The van der Waals surface area contributed by atoms with Gasteiger partial charge in [-0.15, -0.1) is 0 Å². The van der Waals surface area contributed by atoms with Gasteiger partial charge in [0, 0.05) is 18.0 Å². The van der Waals surface area contributed by atoms with Gasteiger partial charge in [0.05, 0.1) is 13.2 Å². The summed E-state index contributed by atoms with van der Waals surface area (Å²) in [5.74, 6) is 0. The first-order chi connectivity index (χ1) is 4.96. The van der Waals surface area contributed by atoms with Crippen LogP contribution in [0.2, 0.25) is 0 Å². The van der Waals surface area contributed by atoms with E-state index in [1.165, 1.54) is 0 Å². The summed E-state index contributed by atoms with van der Waals surface area (Å²) in [5, 5.41) is 2.61. The van der Waals surface area contributed by atoms with Crippen LogP contribution in [0.25, 0.3) is 0 Å². The molecule has 0 aromatic rings. The summed E-state index contributed by atoms with van der Waals surface area (Å²) in [4.78, 5) is 0. The number of ether oxygens (including phenoxy) is 1. The van der Waals surface area contributed by atoms with E-state index in [0.717, 1.165) is 0 Å². The van der Waals surface area contributed by atoms with Crippen molar-refractivity contribution in [2.45, 2.75) is 12.9 Å². The van der Waals surface area contributed by atoms with E-state index in [-0.39, 0.29) is 6.61 Å². The molecule has 1 fully saturated rings. The zero-order valence-corrected chi connectivity index (χ0v) is 4.03. The lowest BCUT2D eigenvalue weighted by Gasteiger charge is -2.19. The summed E-state index contributed by atoms with van der Waals surface area (Å²) in [7, 11) is 0. The van der Waals surface area contributed by atoms with Crippen molar-refractivity contribution >= 4 is 0 Å². The Labute approximate surface area is 49.5 Å². The largest absolute Gasteiger partial charge is 0.379 e. The molecule has 0 aromatic heterocycles. The van der Waals surface area contributed by atoms with Gasteiger partial charge in [-0.3, -0.25) is 0 Å². The van der Waals surface area contributed by atoms with E-state index in [4.69, 9.17) is 10.2 Å². The van der Waals surface area contributed by atoms with E-state index in [0.29, 0.717) is 13.2 Å². The molecule has 1 saturated heterocycles. The third-order valence-electron chi connectivity index (χ3n) is 0.831. The van der Waals surface area contributed by atoms with Crippen molar-refractivity contribution in [1.82, 2.24) is 5.32 Å². The lowest BCUT2D eigenvalue weighted by atomic mass is 10.3. The van der Waals surface area contributed by atoms with Crippen molar-refractivity contribution < 1.29 is 10.2 Å².